The van der Waals surface area contributed by atoms with Gasteiger partial charge in [0.1, 0.15) is 17.4 Å². The van der Waals surface area contributed by atoms with Crippen molar-refractivity contribution in [3.63, 3.8) is 0 Å². The third-order valence-corrected chi connectivity index (χ3v) is 7.36. The van der Waals surface area contributed by atoms with Crippen LogP contribution in [-0.4, -0.2) is 33.7 Å². The minimum absolute atomic E-state index is 0.0234. The van der Waals surface area contributed by atoms with Gasteiger partial charge in [0.05, 0.1) is 17.5 Å². The van der Waals surface area contributed by atoms with Gasteiger partial charge in [0, 0.05) is 53.4 Å². The first kappa shape index (κ1) is 24.6. The molecule has 0 unspecified atom stereocenters. The predicted octanol–water partition coefficient (Wildman–Crippen LogP) is 6.06. The Balaban J connectivity index is 1.39. The number of carbonyl (C=O) groups is 2. The SMILES string of the molecule is CNC(=O)c1c(-c2ccc(F)cc2)oc2cnc(-c3cc(C(=O)CC4(c5ncccn5)CC4)ccc3C)cc12. The molecule has 1 fully saturated rings. The molecule has 7 nitrogen and oxygen atoms in total. The van der Waals surface area contributed by atoms with E-state index in [4.69, 9.17) is 4.42 Å². The number of pyridine rings is 1. The first-order valence-corrected chi connectivity index (χ1v) is 12.7. The zero-order valence-corrected chi connectivity index (χ0v) is 21.5. The van der Waals surface area contributed by atoms with Crippen LogP contribution in [0.2, 0.25) is 0 Å². The maximum atomic E-state index is 13.5. The van der Waals surface area contributed by atoms with Gasteiger partial charge in [0.15, 0.2) is 11.4 Å². The lowest BCUT2D eigenvalue weighted by atomic mass is 9.92. The Morgan fingerprint density at radius 1 is 1.03 bits per heavy atom. The number of amides is 1. The number of hydrogen-bond acceptors (Lipinski definition) is 6. The van der Waals surface area contributed by atoms with Crippen LogP contribution in [0.4, 0.5) is 4.39 Å². The number of furan rings is 1. The van der Waals surface area contributed by atoms with Gasteiger partial charge in [-0.25, -0.2) is 14.4 Å². The van der Waals surface area contributed by atoms with Crippen molar-refractivity contribution >= 4 is 22.7 Å². The summed E-state index contributed by atoms with van der Waals surface area (Å²) in [5.41, 5.74) is 3.98. The Kier molecular flexibility index (Phi) is 6.02. The Hall–Kier alpha value is -4.72. The Morgan fingerprint density at radius 3 is 2.46 bits per heavy atom. The number of aromatic nitrogens is 3. The van der Waals surface area contributed by atoms with E-state index in [-0.39, 0.29) is 22.9 Å². The third-order valence-electron chi connectivity index (χ3n) is 7.36. The van der Waals surface area contributed by atoms with Gasteiger partial charge in [-0.3, -0.25) is 14.6 Å². The molecule has 2 aromatic carbocycles. The Labute approximate surface area is 224 Å². The van der Waals surface area contributed by atoms with Crippen LogP contribution < -0.4 is 5.32 Å². The van der Waals surface area contributed by atoms with Crippen molar-refractivity contribution < 1.29 is 18.4 Å². The molecule has 194 valence electrons. The van der Waals surface area contributed by atoms with Crippen molar-refractivity contribution in [2.45, 2.75) is 31.6 Å². The highest BCUT2D eigenvalue weighted by molar-refractivity contribution is 6.11. The summed E-state index contributed by atoms with van der Waals surface area (Å²) in [5.74, 6) is 0.367. The van der Waals surface area contributed by atoms with E-state index < -0.39 is 0 Å². The molecule has 1 aliphatic rings. The summed E-state index contributed by atoms with van der Waals surface area (Å²) in [6.07, 6.45) is 7.11. The number of Topliss-reactive ketones (excluding diaryl/α,β-unsaturated/α-hetero) is 1. The van der Waals surface area contributed by atoms with Crippen LogP contribution in [-0.2, 0) is 5.41 Å². The lowest BCUT2D eigenvalue weighted by Gasteiger charge is -2.13. The molecule has 5 aromatic rings. The maximum absolute atomic E-state index is 13.5. The molecule has 0 bridgehead atoms. The zero-order valence-electron chi connectivity index (χ0n) is 21.5. The van der Waals surface area contributed by atoms with E-state index in [1.165, 1.54) is 12.1 Å². The maximum Gasteiger partial charge on any atom is 0.255 e. The topological polar surface area (TPSA) is 98.0 Å². The molecule has 39 heavy (non-hydrogen) atoms. The number of carbonyl (C=O) groups excluding carboxylic acids is 2. The van der Waals surface area contributed by atoms with Crippen LogP contribution in [0.3, 0.4) is 0 Å². The Morgan fingerprint density at radius 2 is 1.77 bits per heavy atom. The molecule has 0 radical (unpaired) electrons. The number of ketones is 1. The lowest BCUT2D eigenvalue weighted by Crippen LogP contribution is -2.18. The summed E-state index contributed by atoms with van der Waals surface area (Å²) >= 11 is 0. The largest absolute Gasteiger partial charge is 0.454 e. The van der Waals surface area contributed by atoms with E-state index in [0.717, 1.165) is 29.8 Å². The number of nitrogens with zero attached hydrogens (tertiary/aromatic N) is 3. The normalized spacial score (nSPS) is 13.8. The van der Waals surface area contributed by atoms with Crippen LogP contribution in [0.25, 0.3) is 33.6 Å². The molecule has 1 aliphatic carbocycles. The molecule has 0 atom stereocenters. The van der Waals surface area contributed by atoms with E-state index in [1.807, 2.05) is 25.1 Å². The number of nitrogens with one attached hydrogen (secondary N) is 1. The predicted molar refractivity (Wildman–Crippen MR) is 145 cm³/mol. The molecule has 0 aliphatic heterocycles. The highest BCUT2D eigenvalue weighted by atomic mass is 19.1. The van der Waals surface area contributed by atoms with E-state index in [1.54, 1.807) is 49.9 Å². The molecule has 1 N–H and O–H groups in total. The first-order chi connectivity index (χ1) is 18.9. The summed E-state index contributed by atoms with van der Waals surface area (Å²) in [5, 5.41) is 3.25. The van der Waals surface area contributed by atoms with E-state index in [2.05, 4.69) is 20.3 Å². The van der Waals surface area contributed by atoms with E-state index in [9.17, 15) is 14.0 Å². The van der Waals surface area contributed by atoms with Crippen LogP contribution in [0, 0.1) is 12.7 Å². The van der Waals surface area contributed by atoms with Gasteiger partial charge in [-0.1, -0.05) is 12.1 Å². The van der Waals surface area contributed by atoms with Crippen molar-refractivity contribution in [3.05, 3.63) is 102 Å². The van der Waals surface area contributed by atoms with Crippen molar-refractivity contribution in [1.82, 2.24) is 20.3 Å². The number of aryl methyl sites for hydroxylation is 1. The van der Waals surface area contributed by atoms with Gasteiger partial charge in [-0.15, -0.1) is 0 Å². The number of rotatable bonds is 7. The van der Waals surface area contributed by atoms with E-state index >= 15 is 0 Å². The average molecular weight is 521 g/mol. The molecule has 0 saturated heterocycles. The van der Waals surface area contributed by atoms with Crippen LogP contribution in [0.5, 0.6) is 0 Å². The van der Waals surface area contributed by atoms with Crippen LogP contribution in [0.15, 0.2) is 77.6 Å². The second-order valence-corrected chi connectivity index (χ2v) is 9.94. The zero-order chi connectivity index (χ0) is 27.1. The molecule has 0 spiro atoms. The number of hydrogen-bond donors (Lipinski definition) is 1. The van der Waals surface area contributed by atoms with Crippen LogP contribution >= 0.6 is 0 Å². The van der Waals surface area contributed by atoms with E-state index in [0.29, 0.717) is 45.5 Å². The second-order valence-electron chi connectivity index (χ2n) is 9.94. The Bertz CT molecular complexity index is 1720. The third kappa shape index (κ3) is 4.48. The van der Waals surface area contributed by atoms with Crippen molar-refractivity contribution in [1.29, 1.82) is 0 Å². The molecule has 1 amide bonds. The molecule has 3 heterocycles. The minimum Gasteiger partial charge on any atom is -0.454 e. The molecule has 6 rings (SSSR count). The van der Waals surface area contributed by atoms with Gasteiger partial charge in [-0.05, 0) is 67.8 Å². The first-order valence-electron chi connectivity index (χ1n) is 12.7. The van der Waals surface area contributed by atoms with Gasteiger partial charge in [0.2, 0.25) is 0 Å². The van der Waals surface area contributed by atoms with Gasteiger partial charge in [-0.2, -0.15) is 0 Å². The van der Waals surface area contributed by atoms with Crippen LogP contribution in [0.1, 0.15) is 51.4 Å². The molecular weight excluding hydrogens is 495 g/mol. The van der Waals surface area contributed by atoms with Gasteiger partial charge < -0.3 is 9.73 Å². The fourth-order valence-electron chi connectivity index (χ4n) is 4.99. The fourth-order valence-corrected chi connectivity index (χ4v) is 4.99. The van der Waals surface area contributed by atoms with Crippen molar-refractivity contribution in [3.8, 4) is 22.6 Å². The molecule has 8 heteroatoms. The van der Waals surface area contributed by atoms with Gasteiger partial charge in [0.25, 0.3) is 5.91 Å². The lowest BCUT2D eigenvalue weighted by molar-refractivity contribution is 0.0958. The second kappa shape index (κ2) is 9.54. The minimum atomic E-state index is -0.380. The quantitative estimate of drug-likeness (QED) is 0.262. The number of fused-ring (bicyclic) bond motifs is 1. The highest BCUT2D eigenvalue weighted by Crippen LogP contribution is 2.50. The average Bonchev–Trinajstić information content (AvgIpc) is 3.65. The van der Waals surface area contributed by atoms with Crippen molar-refractivity contribution in [2.75, 3.05) is 7.05 Å². The summed E-state index contributed by atoms with van der Waals surface area (Å²) in [6.45, 7) is 1.95. The smallest absolute Gasteiger partial charge is 0.255 e. The number of benzene rings is 2. The fraction of sp³-hybridized carbons (Fsp3) is 0.194. The summed E-state index contributed by atoms with van der Waals surface area (Å²) in [7, 11) is 1.55. The monoisotopic (exact) mass is 520 g/mol. The standard InChI is InChI=1S/C31H25FN4O3/c1-18-4-5-20(25(37)16-31(10-11-31)30-34-12-3-13-35-30)14-22(18)24-15-23-26(17-36-24)39-28(27(23)29(38)33-2)19-6-8-21(32)9-7-19/h3-9,12-15,17H,10-11,16H2,1-2H3,(H,33,38). The molecular formula is C31H25FN4O3. The highest BCUT2D eigenvalue weighted by Gasteiger charge is 2.48. The van der Waals surface area contributed by atoms with Crippen molar-refractivity contribution in [2.24, 2.45) is 0 Å². The summed E-state index contributed by atoms with van der Waals surface area (Å²) in [4.78, 5) is 39.7. The van der Waals surface area contributed by atoms with Gasteiger partial charge >= 0.3 is 0 Å². The molecule has 3 aromatic heterocycles. The number of halogens is 1. The summed E-state index contributed by atoms with van der Waals surface area (Å²) < 4.78 is 19.6. The molecule has 1 saturated carbocycles. The summed E-state index contributed by atoms with van der Waals surface area (Å²) in [6, 6.07) is 15.0.